The molecule has 1 heterocycles. The van der Waals surface area contributed by atoms with Crippen LogP contribution in [0.5, 0.6) is 0 Å². The van der Waals surface area contributed by atoms with Crippen LogP contribution in [-0.4, -0.2) is 21.9 Å². The van der Waals surface area contributed by atoms with Crippen molar-refractivity contribution in [1.29, 1.82) is 0 Å². The monoisotopic (exact) mass is 322 g/mol. The van der Waals surface area contributed by atoms with Crippen molar-refractivity contribution in [2.24, 2.45) is 0 Å². The fraction of sp³-hybridized carbons (Fsp3) is 0.267. The minimum absolute atomic E-state index is 0.0557. The maximum absolute atomic E-state index is 12.7. The first-order valence-corrected chi connectivity index (χ1v) is 6.99. The second-order valence-electron chi connectivity index (χ2n) is 5.24. The highest BCUT2D eigenvalue weighted by Gasteiger charge is 2.30. The molecule has 2 aromatic rings. The van der Waals surface area contributed by atoms with Crippen molar-refractivity contribution in [3.05, 3.63) is 47.9 Å². The number of carbonyl (C=O) groups is 1. The number of hydrogen-bond acceptors (Lipinski definition) is 4. The van der Waals surface area contributed by atoms with Crippen LogP contribution in [0.2, 0.25) is 0 Å². The number of halogens is 3. The minimum Gasteiger partial charge on any atom is -0.367 e. The van der Waals surface area contributed by atoms with Crippen LogP contribution in [0.1, 0.15) is 28.9 Å². The van der Waals surface area contributed by atoms with Gasteiger partial charge in [-0.3, -0.25) is 4.79 Å². The molecule has 0 unspecified atom stereocenters. The van der Waals surface area contributed by atoms with Gasteiger partial charge in [-0.05, 0) is 31.0 Å². The van der Waals surface area contributed by atoms with E-state index in [2.05, 4.69) is 20.6 Å². The Labute approximate surface area is 130 Å². The van der Waals surface area contributed by atoms with Gasteiger partial charge in [-0.25, -0.2) is 9.97 Å². The van der Waals surface area contributed by atoms with E-state index in [9.17, 15) is 18.0 Å². The first-order chi connectivity index (χ1) is 10.9. The Hall–Kier alpha value is -2.64. The van der Waals surface area contributed by atoms with Gasteiger partial charge in [-0.1, -0.05) is 6.07 Å². The number of nitrogens with one attached hydrogen (secondary N) is 2. The molecular formula is C15H13F3N4O. The van der Waals surface area contributed by atoms with Crippen LogP contribution in [0.4, 0.5) is 24.7 Å². The zero-order valence-corrected chi connectivity index (χ0v) is 11.9. The summed E-state index contributed by atoms with van der Waals surface area (Å²) in [6, 6.07) is 6.28. The van der Waals surface area contributed by atoms with E-state index >= 15 is 0 Å². The third-order valence-electron chi connectivity index (χ3n) is 3.28. The highest BCUT2D eigenvalue weighted by Crippen LogP contribution is 2.30. The summed E-state index contributed by atoms with van der Waals surface area (Å²) < 4.78 is 38.0. The molecule has 3 rings (SSSR count). The van der Waals surface area contributed by atoms with Crippen molar-refractivity contribution in [3.8, 4) is 0 Å². The lowest BCUT2D eigenvalue weighted by molar-refractivity contribution is -0.137. The highest BCUT2D eigenvalue weighted by molar-refractivity contribution is 6.03. The van der Waals surface area contributed by atoms with E-state index in [1.165, 1.54) is 24.5 Å². The maximum atomic E-state index is 12.7. The molecule has 5 nitrogen and oxygen atoms in total. The number of benzene rings is 1. The Kier molecular flexibility index (Phi) is 3.89. The van der Waals surface area contributed by atoms with Gasteiger partial charge in [-0.2, -0.15) is 13.2 Å². The van der Waals surface area contributed by atoms with Gasteiger partial charge in [0.1, 0.15) is 17.8 Å². The van der Waals surface area contributed by atoms with E-state index < -0.39 is 17.6 Å². The Balaban J connectivity index is 1.73. The first-order valence-electron chi connectivity index (χ1n) is 6.99. The molecule has 1 aromatic carbocycles. The number of carbonyl (C=O) groups excluding carboxylic acids is 1. The van der Waals surface area contributed by atoms with Crippen molar-refractivity contribution >= 4 is 17.4 Å². The second kappa shape index (κ2) is 5.86. The van der Waals surface area contributed by atoms with Crippen molar-refractivity contribution in [3.63, 3.8) is 0 Å². The van der Waals surface area contributed by atoms with Crippen molar-refractivity contribution in [1.82, 2.24) is 9.97 Å². The molecule has 0 saturated heterocycles. The van der Waals surface area contributed by atoms with Gasteiger partial charge in [0.25, 0.3) is 5.91 Å². The van der Waals surface area contributed by atoms with Crippen LogP contribution >= 0.6 is 0 Å². The van der Waals surface area contributed by atoms with E-state index in [0.717, 1.165) is 25.0 Å². The molecule has 2 N–H and O–H groups in total. The summed E-state index contributed by atoms with van der Waals surface area (Å²) in [7, 11) is 0. The van der Waals surface area contributed by atoms with Gasteiger partial charge in [-0.15, -0.1) is 0 Å². The van der Waals surface area contributed by atoms with Gasteiger partial charge in [0.2, 0.25) is 0 Å². The lowest BCUT2D eigenvalue weighted by Crippen LogP contribution is -2.15. The molecule has 120 valence electrons. The van der Waals surface area contributed by atoms with Crippen molar-refractivity contribution in [2.75, 3.05) is 10.6 Å². The topological polar surface area (TPSA) is 66.9 Å². The molecular weight excluding hydrogens is 309 g/mol. The number of aromatic nitrogens is 2. The Morgan fingerprint density at radius 2 is 1.96 bits per heavy atom. The molecule has 0 aliphatic heterocycles. The molecule has 0 bridgehead atoms. The zero-order chi connectivity index (χ0) is 16.4. The Bertz CT molecular complexity index is 729. The molecule has 1 aromatic heterocycles. The summed E-state index contributed by atoms with van der Waals surface area (Å²) >= 11 is 0. The van der Waals surface area contributed by atoms with E-state index in [1.54, 1.807) is 0 Å². The van der Waals surface area contributed by atoms with E-state index in [1.807, 2.05) is 0 Å². The molecule has 1 fully saturated rings. The van der Waals surface area contributed by atoms with Gasteiger partial charge in [0.05, 0.1) is 5.56 Å². The Morgan fingerprint density at radius 1 is 1.17 bits per heavy atom. The number of hydrogen-bond donors (Lipinski definition) is 2. The van der Waals surface area contributed by atoms with Crippen molar-refractivity contribution in [2.45, 2.75) is 25.1 Å². The van der Waals surface area contributed by atoms with Crippen LogP contribution in [0.3, 0.4) is 0 Å². The van der Waals surface area contributed by atoms with Crippen LogP contribution in [-0.2, 0) is 6.18 Å². The zero-order valence-electron chi connectivity index (χ0n) is 11.9. The summed E-state index contributed by atoms with van der Waals surface area (Å²) in [5.41, 5.74) is -0.685. The maximum Gasteiger partial charge on any atom is 0.416 e. The summed E-state index contributed by atoms with van der Waals surface area (Å²) in [6.07, 6.45) is -1.12. The predicted octanol–water partition coefficient (Wildman–Crippen LogP) is 3.32. The quantitative estimate of drug-likeness (QED) is 0.906. The average Bonchev–Trinajstić information content (AvgIpc) is 3.31. The standard InChI is InChI=1S/C15H13F3N4O/c16-15(17,18)9-2-1-3-11(6-9)22-14(23)12-7-13(20-8-19-12)21-10-4-5-10/h1-3,6-8,10H,4-5H2,(H,22,23)(H,19,20,21). The van der Waals surface area contributed by atoms with Gasteiger partial charge in [0, 0.05) is 17.8 Å². The van der Waals surface area contributed by atoms with E-state index in [-0.39, 0.29) is 11.4 Å². The fourth-order valence-corrected chi connectivity index (χ4v) is 1.97. The Morgan fingerprint density at radius 3 is 2.65 bits per heavy atom. The third kappa shape index (κ3) is 3.97. The summed E-state index contributed by atoms with van der Waals surface area (Å²) in [5.74, 6) is -0.0673. The summed E-state index contributed by atoms with van der Waals surface area (Å²) in [5, 5.41) is 5.53. The van der Waals surface area contributed by atoms with Gasteiger partial charge >= 0.3 is 6.18 Å². The van der Waals surface area contributed by atoms with Crippen LogP contribution in [0.25, 0.3) is 0 Å². The number of nitrogens with zero attached hydrogens (tertiary/aromatic N) is 2. The third-order valence-corrected chi connectivity index (χ3v) is 3.28. The van der Waals surface area contributed by atoms with Gasteiger partial charge < -0.3 is 10.6 Å². The summed E-state index contributed by atoms with van der Waals surface area (Å²) in [6.45, 7) is 0. The second-order valence-corrected chi connectivity index (χ2v) is 5.24. The van der Waals surface area contributed by atoms with E-state index in [4.69, 9.17) is 0 Å². The van der Waals surface area contributed by atoms with Crippen LogP contribution < -0.4 is 10.6 Å². The molecule has 1 amide bonds. The van der Waals surface area contributed by atoms with E-state index in [0.29, 0.717) is 11.9 Å². The van der Waals surface area contributed by atoms with Gasteiger partial charge in [0.15, 0.2) is 0 Å². The summed E-state index contributed by atoms with van der Waals surface area (Å²) in [4.78, 5) is 20.0. The number of rotatable bonds is 4. The van der Waals surface area contributed by atoms with Crippen molar-refractivity contribution < 1.29 is 18.0 Å². The number of amides is 1. The molecule has 23 heavy (non-hydrogen) atoms. The van der Waals surface area contributed by atoms with Crippen LogP contribution in [0.15, 0.2) is 36.7 Å². The smallest absolute Gasteiger partial charge is 0.367 e. The van der Waals surface area contributed by atoms with Crippen LogP contribution in [0, 0.1) is 0 Å². The molecule has 1 aliphatic rings. The lowest BCUT2D eigenvalue weighted by atomic mass is 10.2. The molecule has 8 heteroatoms. The average molecular weight is 322 g/mol. The number of anilines is 2. The highest BCUT2D eigenvalue weighted by atomic mass is 19.4. The SMILES string of the molecule is O=C(Nc1cccc(C(F)(F)F)c1)c1cc(NC2CC2)ncn1. The molecule has 1 aliphatic carbocycles. The molecule has 0 spiro atoms. The lowest BCUT2D eigenvalue weighted by Gasteiger charge is -2.10. The predicted molar refractivity (Wildman–Crippen MR) is 78.1 cm³/mol. The minimum atomic E-state index is -4.46. The largest absolute Gasteiger partial charge is 0.416 e. The normalized spacial score (nSPS) is 14.4. The fourth-order valence-electron chi connectivity index (χ4n) is 1.97. The molecule has 0 atom stereocenters. The first kappa shape index (κ1) is 15.3. The number of alkyl halides is 3. The molecule has 0 radical (unpaired) electrons. The molecule has 1 saturated carbocycles.